The molecule has 1 aromatic heterocycles. The molecule has 7 heteroatoms. The van der Waals surface area contributed by atoms with E-state index in [2.05, 4.69) is 15.0 Å². The Hall–Kier alpha value is -1.63. The maximum atomic E-state index is 11.7. The first kappa shape index (κ1) is 13.4. The molecule has 17 heavy (non-hydrogen) atoms. The molecular weight excluding hydrogens is 237 g/mol. The normalized spacial score (nSPS) is 11.2. The lowest BCUT2D eigenvalue weighted by Gasteiger charge is -2.08. The number of pyridine rings is 1. The number of carbonyl (C=O) groups is 1. The summed E-state index contributed by atoms with van der Waals surface area (Å²) in [7, 11) is 0. The van der Waals surface area contributed by atoms with Gasteiger partial charge in [-0.3, -0.25) is 9.78 Å². The van der Waals surface area contributed by atoms with Crippen molar-refractivity contribution in [3.8, 4) is 0 Å². The van der Waals surface area contributed by atoms with Crippen molar-refractivity contribution in [3.05, 3.63) is 30.1 Å². The predicted octanol–water partition coefficient (Wildman–Crippen LogP) is 1.28. The molecule has 0 spiro atoms. The van der Waals surface area contributed by atoms with Gasteiger partial charge in [0.05, 0.1) is 0 Å². The molecule has 0 aliphatic heterocycles. The molecule has 0 saturated heterocycles. The zero-order valence-corrected chi connectivity index (χ0v) is 8.83. The number of carbonyl (C=O) groups excluding carboxylic acids is 1. The van der Waals surface area contributed by atoms with Crippen LogP contribution in [0, 0.1) is 0 Å². The van der Waals surface area contributed by atoms with Crippen LogP contribution in [0.15, 0.2) is 24.5 Å². The van der Waals surface area contributed by atoms with E-state index in [4.69, 9.17) is 0 Å². The van der Waals surface area contributed by atoms with Crippen LogP contribution in [0.3, 0.4) is 0 Å². The van der Waals surface area contributed by atoms with E-state index >= 15 is 0 Å². The second kappa shape index (κ2) is 6.19. The van der Waals surface area contributed by atoms with E-state index in [0.717, 1.165) is 5.56 Å². The monoisotopic (exact) mass is 248 g/mol. The lowest BCUT2D eigenvalue weighted by atomic mass is 10.3. The summed E-state index contributed by atoms with van der Waals surface area (Å²) in [5.74, 6) is -0.592. The van der Waals surface area contributed by atoms with Crippen LogP contribution in [-0.4, -0.2) is 30.3 Å². The van der Waals surface area contributed by atoms with Crippen molar-refractivity contribution in [1.82, 2.24) is 10.3 Å². The van der Waals surface area contributed by atoms with Gasteiger partial charge in [-0.25, -0.2) is 0 Å². The number of nitrogens with zero attached hydrogens (tertiary/aromatic N) is 1. The van der Waals surface area contributed by atoms with E-state index in [-0.39, 0.29) is 6.54 Å². The van der Waals surface area contributed by atoms with Gasteiger partial charge in [-0.2, -0.15) is 13.2 Å². The zero-order chi connectivity index (χ0) is 12.7. The van der Waals surface area contributed by atoms with Crippen molar-refractivity contribution in [2.24, 2.45) is 0 Å². The molecule has 0 radical (unpaired) electrons. The summed E-state index contributed by atoms with van der Waals surface area (Å²) in [4.78, 5) is 14.9. The molecule has 0 unspecified atom stereocenters. The Balaban J connectivity index is 2.18. The lowest BCUT2D eigenvalue weighted by Crippen LogP contribution is -2.29. The summed E-state index contributed by atoms with van der Waals surface area (Å²) in [6.07, 6.45) is -1.30. The Morgan fingerprint density at radius 3 is 2.59 bits per heavy atom. The van der Waals surface area contributed by atoms with Crippen molar-refractivity contribution in [3.63, 3.8) is 0 Å². The predicted molar refractivity (Wildman–Crippen MR) is 53.0 cm³/mol. The molecule has 1 heterocycles. The van der Waals surface area contributed by atoms with Gasteiger partial charge in [0, 0.05) is 18.9 Å². The fourth-order valence-corrected chi connectivity index (χ4v) is 1.01. The van der Waals surface area contributed by atoms with Gasteiger partial charge in [0.1, 0.15) is 13.2 Å². The molecule has 0 aromatic carbocycles. The van der Waals surface area contributed by atoms with Crippen LogP contribution in [0.25, 0.3) is 0 Å². The van der Waals surface area contributed by atoms with Crippen LogP contribution in [-0.2, 0) is 16.1 Å². The SMILES string of the molecule is O=C(COCC(F)(F)F)NCc1ccncc1. The Morgan fingerprint density at radius 1 is 1.35 bits per heavy atom. The lowest BCUT2D eigenvalue weighted by molar-refractivity contribution is -0.175. The number of alkyl halides is 3. The van der Waals surface area contributed by atoms with E-state index in [1.54, 1.807) is 24.5 Å². The fraction of sp³-hybridized carbons (Fsp3) is 0.400. The molecule has 1 rings (SSSR count). The summed E-state index contributed by atoms with van der Waals surface area (Å²) in [5.41, 5.74) is 0.809. The number of hydrogen-bond acceptors (Lipinski definition) is 3. The highest BCUT2D eigenvalue weighted by Gasteiger charge is 2.27. The average Bonchev–Trinajstić information content (AvgIpc) is 2.26. The second-order valence-electron chi connectivity index (χ2n) is 3.24. The first-order chi connectivity index (χ1) is 7.97. The minimum Gasteiger partial charge on any atom is -0.362 e. The number of aromatic nitrogens is 1. The van der Waals surface area contributed by atoms with Crippen molar-refractivity contribution < 1.29 is 22.7 Å². The van der Waals surface area contributed by atoms with E-state index in [0.29, 0.717) is 0 Å². The van der Waals surface area contributed by atoms with Gasteiger partial charge in [-0.05, 0) is 17.7 Å². The standard InChI is InChI=1S/C10H11F3N2O2/c11-10(12,13)7-17-6-9(16)15-5-8-1-3-14-4-2-8/h1-4H,5-7H2,(H,15,16). The summed E-state index contributed by atoms with van der Waals surface area (Å²) < 4.78 is 39.3. The van der Waals surface area contributed by atoms with Crippen LogP contribution in [0.1, 0.15) is 5.56 Å². The quantitative estimate of drug-likeness (QED) is 0.853. The third-order valence-corrected chi connectivity index (χ3v) is 1.74. The smallest absolute Gasteiger partial charge is 0.362 e. The van der Waals surface area contributed by atoms with Gasteiger partial charge in [0.2, 0.25) is 5.91 Å². The molecule has 1 N–H and O–H groups in total. The van der Waals surface area contributed by atoms with E-state index < -0.39 is 25.3 Å². The maximum absolute atomic E-state index is 11.7. The van der Waals surface area contributed by atoms with Crippen LogP contribution >= 0.6 is 0 Å². The Labute approximate surface area is 95.8 Å². The highest BCUT2D eigenvalue weighted by Crippen LogP contribution is 2.13. The topological polar surface area (TPSA) is 51.2 Å². The first-order valence-electron chi connectivity index (χ1n) is 4.77. The second-order valence-corrected chi connectivity index (χ2v) is 3.24. The van der Waals surface area contributed by atoms with Gasteiger partial charge in [0.15, 0.2) is 0 Å². The summed E-state index contributed by atoms with van der Waals surface area (Å²) in [5, 5.41) is 2.43. The van der Waals surface area contributed by atoms with Gasteiger partial charge in [-0.15, -0.1) is 0 Å². The molecule has 0 fully saturated rings. The van der Waals surface area contributed by atoms with E-state index in [1.807, 2.05) is 0 Å². The number of hydrogen-bond donors (Lipinski definition) is 1. The number of rotatable bonds is 5. The Morgan fingerprint density at radius 2 is 2.00 bits per heavy atom. The highest BCUT2D eigenvalue weighted by atomic mass is 19.4. The van der Waals surface area contributed by atoms with E-state index in [1.165, 1.54) is 0 Å². The van der Waals surface area contributed by atoms with Crippen molar-refractivity contribution >= 4 is 5.91 Å². The van der Waals surface area contributed by atoms with Crippen LogP contribution < -0.4 is 5.32 Å². The zero-order valence-electron chi connectivity index (χ0n) is 8.83. The minimum absolute atomic E-state index is 0.233. The molecule has 0 aliphatic rings. The average molecular weight is 248 g/mol. The molecule has 0 atom stereocenters. The fourth-order valence-electron chi connectivity index (χ4n) is 1.01. The van der Waals surface area contributed by atoms with Crippen molar-refractivity contribution in [2.45, 2.75) is 12.7 Å². The summed E-state index contributed by atoms with van der Waals surface area (Å²) in [6.45, 7) is -1.79. The minimum atomic E-state index is -4.41. The number of nitrogens with one attached hydrogen (secondary N) is 1. The number of ether oxygens (including phenoxy) is 1. The Kier molecular flexibility index (Phi) is 4.89. The molecule has 1 amide bonds. The Bertz CT molecular complexity index is 354. The third kappa shape index (κ3) is 6.52. The maximum Gasteiger partial charge on any atom is 0.411 e. The summed E-state index contributed by atoms with van der Waals surface area (Å²) in [6, 6.07) is 3.38. The molecule has 0 bridgehead atoms. The molecular formula is C10H11F3N2O2. The van der Waals surface area contributed by atoms with Crippen molar-refractivity contribution in [1.29, 1.82) is 0 Å². The molecule has 4 nitrogen and oxygen atoms in total. The molecule has 0 saturated carbocycles. The number of amides is 1. The van der Waals surface area contributed by atoms with Gasteiger partial charge < -0.3 is 10.1 Å². The van der Waals surface area contributed by atoms with Crippen molar-refractivity contribution in [2.75, 3.05) is 13.2 Å². The van der Waals surface area contributed by atoms with Gasteiger partial charge >= 0.3 is 6.18 Å². The van der Waals surface area contributed by atoms with Crippen LogP contribution in [0.4, 0.5) is 13.2 Å². The molecule has 1 aromatic rings. The van der Waals surface area contributed by atoms with Gasteiger partial charge in [-0.1, -0.05) is 0 Å². The first-order valence-corrected chi connectivity index (χ1v) is 4.77. The van der Waals surface area contributed by atoms with E-state index in [9.17, 15) is 18.0 Å². The summed E-state index contributed by atoms with van der Waals surface area (Å²) >= 11 is 0. The molecule has 94 valence electrons. The molecule has 0 aliphatic carbocycles. The third-order valence-electron chi connectivity index (χ3n) is 1.74. The van der Waals surface area contributed by atoms with Crippen LogP contribution in [0.5, 0.6) is 0 Å². The largest absolute Gasteiger partial charge is 0.411 e. The van der Waals surface area contributed by atoms with Gasteiger partial charge in [0.25, 0.3) is 0 Å². The van der Waals surface area contributed by atoms with Crippen LogP contribution in [0.2, 0.25) is 0 Å². The number of halogens is 3. The highest BCUT2D eigenvalue weighted by molar-refractivity contribution is 5.77.